The van der Waals surface area contributed by atoms with E-state index in [1.807, 2.05) is 56.3 Å². The van der Waals surface area contributed by atoms with Gasteiger partial charge in [0.15, 0.2) is 11.0 Å². The second kappa shape index (κ2) is 6.79. The largest absolute Gasteiger partial charge is 0.289 e. The number of amidine groups is 1. The van der Waals surface area contributed by atoms with Gasteiger partial charge in [-0.15, -0.1) is 0 Å². The molecule has 4 nitrogen and oxygen atoms in total. The average Bonchev–Trinajstić information content (AvgIpc) is 2.83. The Morgan fingerprint density at radius 1 is 1.21 bits per heavy atom. The molecular weight excluding hydrogens is 342 g/mol. The van der Waals surface area contributed by atoms with Gasteiger partial charge in [0.1, 0.15) is 0 Å². The highest BCUT2D eigenvalue weighted by atomic mass is 35.5. The number of rotatable bonds is 2. The van der Waals surface area contributed by atoms with Gasteiger partial charge in [-0.1, -0.05) is 29.8 Å². The number of hydrogen-bond acceptors (Lipinski definition) is 4. The van der Waals surface area contributed by atoms with Crippen LogP contribution in [0, 0.1) is 6.92 Å². The van der Waals surface area contributed by atoms with Crippen molar-refractivity contribution in [3.05, 3.63) is 63.6 Å². The highest BCUT2D eigenvalue weighted by Crippen LogP contribution is 2.36. The van der Waals surface area contributed by atoms with E-state index in [4.69, 9.17) is 11.6 Å². The van der Waals surface area contributed by atoms with Gasteiger partial charge in [-0.05, 0) is 61.0 Å². The number of thioether (sulfide) groups is 1. The Labute approximate surface area is 150 Å². The molecule has 1 fully saturated rings. The first-order chi connectivity index (χ1) is 11.5. The quantitative estimate of drug-likeness (QED) is 0.734. The third-order valence-electron chi connectivity index (χ3n) is 3.68. The van der Waals surface area contributed by atoms with Crippen LogP contribution in [0.5, 0.6) is 0 Å². The van der Waals surface area contributed by atoms with Crippen LogP contribution in [0.15, 0.2) is 52.4 Å². The van der Waals surface area contributed by atoms with Crippen LogP contribution < -0.4 is 0 Å². The first-order valence-electron chi connectivity index (χ1n) is 7.41. The molecule has 2 heterocycles. The number of amides is 1. The SMILES string of the molecule is C/C(=C1/S/C(=N/c2cccc(C)n2)N(C)C1=O)c1ccc(Cl)cc1. The third kappa shape index (κ3) is 3.37. The normalized spacial score (nSPS) is 18.4. The molecule has 1 aromatic heterocycles. The Morgan fingerprint density at radius 3 is 2.58 bits per heavy atom. The number of likely N-dealkylation sites (N-methyl/N-ethyl adjacent to an activating group) is 1. The number of hydrogen-bond donors (Lipinski definition) is 0. The standard InChI is InChI=1S/C18H16ClN3OS/c1-11-5-4-6-15(20-11)21-18-22(3)17(23)16(24-18)12(2)13-7-9-14(19)10-8-13/h4-10H,1-3H3/b16-12-,21-18+. The number of carbonyl (C=O) groups excluding carboxylic acids is 1. The molecule has 2 aromatic rings. The number of allylic oxidation sites excluding steroid dienone is 1. The number of benzene rings is 1. The number of carbonyl (C=O) groups is 1. The lowest BCUT2D eigenvalue weighted by Gasteiger charge is -2.07. The number of aryl methyl sites for hydroxylation is 1. The maximum absolute atomic E-state index is 12.6. The Balaban J connectivity index is 1.96. The average molecular weight is 358 g/mol. The van der Waals surface area contributed by atoms with E-state index >= 15 is 0 Å². The van der Waals surface area contributed by atoms with Gasteiger partial charge in [0.25, 0.3) is 5.91 Å². The summed E-state index contributed by atoms with van der Waals surface area (Å²) in [6, 6.07) is 13.1. The van der Waals surface area contributed by atoms with Crippen LogP contribution in [0.25, 0.3) is 5.57 Å². The third-order valence-corrected chi connectivity index (χ3v) is 5.17. The lowest BCUT2D eigenvalue weighted by Crippen LogP contribution is -2.24. The smallest absolute Gasteiger partial charge is 0.266 e. The summed E-state index contributed by atoms with van der Waals surface area (Å²) < 4.78 is 0. The monoisotopic (exact) mass is 357 g/mol. The lowest BCUT2D eigenvalue weighted by molar-refractivity contribution is -0.121. The fraction of sp³-hybridized carbons (Fsp3) is 0.167. The molecule has 1 aliphatic heterocycles. The molecule has 0 bridgehead atoms. The van der Waals surface area contributed by atoms with Crippen molar-refractivity contribution in [2.75, 3.05) is 7.05 Å². The van der Waals surface area contributed by atoms with Gasteiger partial charge >= 0.3 is 0 Å². The van der Waals surface area contributed by atoms with Gasteiger partial charge in [0.05, 0.1) is 4.91 Å². The minimum Gasteiger partial charge on any atom is -0.289 e. The molecule has 0 radical (unpaired) electrons. The van der Waals surface area contributed by atoms with E-state index in [-0.39, 0.29) is 5.91 Å². The van der Waals surface area contributed by atoms with Crippen molar-refractivity contribution >= 4 is 45.8 Å². The molecular formula is C18H16ClN3OS. The van der Waals surface area contributed by atoms with E-state index in [9.17, 15) is 4.79 Å². The molecule has 1 aliphatic rings. The fourth-order valence-corrected chi connectivity index (χ4v) is 3.46. The summed E-state index contributed by atoms with van der Waals surface area (Å²) in [5.74, 6) is 0.543. The first-order valence-corrected chi connectivity index (χ1v) is 8.60. The molecule has 0 atom stereocenters. The zero-order valence-corrected chi connectivity index (χ0v) is 15.1. The summed E-state index contributed by atoms with van der Waals surface area (Å²) in [5.41, 5.74) is 2.77. The van der Waals surface area contributed by atoms with Gasteiger partial charge in [-0.2, -0.15) is 0 Å². The molecule has 0 saturated carbocycles. The van der Waals surface area contributed by atoms with Crippen LogP contribution in [0.4, 0.5) is 5.82 Å². The van der Waals surface area contributed by atoms with Crippen molar-refractivity contribution in [2.24, 2.45) is 4.99 Å². The van der Waals surface area contributed by atoms with E-state index < -0.39 is 0 Å². The fourth-order valence-electron chi connectivity index (χ4n) is 2.30. The molecule has 1 amide bonds. The zero-order chi connectivity index (χ0) is 17.3. The molecule has 0 N–H and O–H groups in total. The maximum Gasteiger partial charge on any atom is 0.266 e. The van der Waals surface area contributed by atoms with Gasteiger partial charge in [-0.3, -0.25) is 9.69 Å². The lowest BCUT2D eigenvalue weighted by atomic mass is 10.1. The van der Waals surface area contributed by atoms with Gasteiger partial charge in [0.2, 0.25) is 0 Å². The zero-order valence-electron chi connectivity index (χ0n) is 13.6. The number of pyridine rings is 1. The summed E-state index contributed by atoms with van der Waals surface area (Å²) in [6.45, 7) is 3.85. The Morgan fingerprint density at radius 2 is 1.92 bits per heavy atom. The topological polar surface area (TPSA) is 45.6 Å². The van der Waals surface area contributed by atoms with Crippen molar-refractivity contribution < 1.29 is 4.79 Å². The molecule has 0 aliphatic carbocycles. The predicted molar refractivity (Wildman–Crippen MR) is 100 cm³/mol. The van der Waals surface area contributed by atoms with E-state index in [1.165, 1.54) is 11.8 Å². The van der Waals surface area contributed by atoms with Crippen LogP contribution in [0.1, 0.15) is 18.2 Å². The highest BCUT2D eigenvalue weighted by molar-refractivity contribution is 8.18. The maximum atomic E-state index is 12.6. The minimum atomic E-state index is -0.0566. The van der Waals surface area contributed by atoms with Gasteiger partial charge in [-0.25, -0.2) is 9.98 Å². The summed E-state index contributed by atoms with van der Waals surface area (Å²) in [7, 11) is 1.73. The number of halogens is 1. The van der Waals surface area contributed by atoms with Crippen LogP contribution in [-0.2, 0) is 4.79 Å². The molecule has 24 heavy (non-hydrogen) atoms. The molecule has 1 aromatic carbocycles. The Bertz CT molecular complexity index is 859. The second-order valence-electron chi connectivity index (χ2n) is 5.46. The number of nitrogens with zero attached hydrogens (tertiary/aromatic N) is 3. The summed E-state index contributed by atoms with van der Waals surface area (Å²) in [4.78, 5) is 23.7. The van der Waals surface area contributed by atoms with Gasteiger partial charge < -0.3 is 0 Å². The first kappa shape index (κ1) is 16.7. The summed E-state index contributed by atoms with van der Waals surface area (Å²) in [6.07, 6.45) is 0. The van der Waals surface area contributed by atoms with Crippen LogP contribution >= 0.6 is 23.4 Å². The molecule has 0 spiro atoms. The van der Waals surface area contributed by atoms with Crippen LogP contribution in [0.3, 0.4) is 0 Å². The predicted octanol–water partition coefficient (Wildman–Crippen LogP) is 4.67. The summed E-state index contributed by atoms with van der Waals surface area (Å²) in [5, 5.41) is 1.30. The Kier molecular flexibility index (Phi) is 4.73. The second-order valence-corrected chi connectivity index (χ2v) is 6.87. The molecule has 122 valence electrons. The van der Waals surface area contributed by atoms with Crippen molar-refractivity contribution in [3.63, 3.8) is 0 Å². The van der Waals surface area contributed by atoms with E-state index in [1.54, 1.807) is 11.9 Å². The van der Waals surface area contributed by atoms with Crippen molar-refractivity contribution in [2.45, 2.75) is 13.8 Å². The van der Waals surface area contributed by atoms with Gasteiger partial charge in [0, 0.05) is 17.8 Å². The molecule has 1 saturated heterocycles. The van der Waals surface area contributed by atoms with E-state index in [0.29, 0.717) is 20.9 Å². The van der Waals surface area contributed by atoms with E-state index in [0.717, 1.165) is 16.8 Å². The van der Waals surface area contributed by atoms with Crippen LogP contribution in [-0.4, -0.2) is 28.0 Å². The Hall–Kier alpha value is -2.11. The number of aromatic nitrogens is 1. The van der Waals surface area contributed by atoms with Crippen LogP contribution in [0.2, 0.25) is 5.02 Å². The van der Waals surface area contributed by atoms with E-state index in [2.05, 4.69) is 9.98 Å². The minimum absolute atomic E-state index is 0.0566. The summed E-state index contributed by atoms with van der Waals surface area (Å²) >= 11 is 7.30. The molecule has 0 unspecified atom stereocenters. The van der Waals surface area contributed by atoms with Crippen molar-refractivity contribution in [1.29, 1.82) is 0 Å². The number of aliphatic imine (C=N–C) groups is 1. The highest BCUT2D eigenvalue weighted by Gasteiger charge is 2.32. The van der Waals surface area contributed by atoms with Crippen molar-refractivity contribution in [1.82, 2.24) is 9.88 Å². The molecule has 6 heteroatoms. The van der Waals surface area contributed by atoms with Crippen molar-refractivity contribution in [3.8, 4) is 0 Å². The molecule has 3 rings (SSSR count).